The second-order valence-electron chi connectivity index (χ2n) is 4.63. The lowest BCUT2D eigenvalue weighted by molar-refractivity contribution is 0.662. The molecule has 0 aliphatic heterocycles. The molecular formula is C11H13N7. The maximum absolute atomic E-state index is 4.28. The van der Waals surface area contributed by atoms with Crippen molar-refractivity contribution in [3.05, 3.63) is 18.5 Å². The van der Waals surface area contributed by atoms with Crippen molar-refractivity contribution >= 4 is 16.8 Å². The van der Waals surface area contributed by atoms with E-state index < -0.39 is 0 Å². The van der Waals surface area contributed by atoms with E-state index in [9.17, 15) is 0 Å². The molecule has 0 radical (unpaired) electrons. The molecule has 0 bridgehead atoms. The van der Waals surface area contributed by atoms with Gasteiger partial charge in [-0.15, -0.1) is 10.2 Å². The van der Waals surface area contributed by atoms with Crippen LogP contribution in [0.5, 0.6) is 0 Å². The van der Waals surface area contributed by atoms with Crippen molar-refractivity contribution < 1.29 is 0 Å². The number of aromatic amines is 1. The predicted molar refractivity (Wildman–Crippen MR) is 65.2 cm³/mol. The van der Waals surface area contributed by atoms with Gasteiger partial charge in [-0.05, 0) is 12.8 Å². The SMILES string of the molecule is c1nc2ncn3c(CCNC4CC4)nnc3c2[nH]1. The van der Waals surface area contributed by atoms with Crippen molar-refractivity contribution in [2.75, 3.05) is 6.54 Å². The maximum Gasteiger partial charge on any atom is 0.189 e. The summed E-state index contributed by atoms with van der Waals surface area (Å²) < 4.78 is 1.93. The molecule has 18 heavy (non-hydrogen) atoms. The number of aromatic nitrogens is 6. The molecule has 3 heterocycles. The first-order chi connectivity index (χ1) is 8.92. The van der Waals surface area contributed by atoms with Crippen LogP contribution in [0.1, 0.15) is 18.7 Å². The second kappa shape index (κ2) is 3.74. The summed E-state index contributed by atoms with van der Waals surface area (Å²) in [6.07, 6.45) is 6.83. The fraction of sp³-hybridized carbons (Fsp3) is 0.455. The topological polar surface area (TPSA) is 83.8 Å². The number of hydrogen-bond donors (Lipinski definition) is 2. The second-order valence-corrected chi connectivity index (χ2v) is 4.63. The summed E-state index contributed by atoms with van der Waals surface area (Å²) in [5, 5.41) is 11.9. The third-order valence-electron chi connectivity index (χ3n) is 3.26. The van der Waals surface area contributed by atoms with Gasteiger partial charge in [0.25, 0.3) is 0 Å². The van der Waals surface area contributed by atoms with Gasteiger partial charge in [-0.3, -0.25) is 4.40 Å². The molecule has 7 nitrogen and oxygen atoms in total. The quantitative estimate of drug-likeness (QED) is 0.688. The average molecular weight is 243 g/mol. The zero-order chi connectivity index (χ0) is 11.9. The molecule has 3 aromatic rings. The van der Waals surface area contributed by atoms with Crippen LogP contribution in [0.2, 0.25) is 0 Å². The van der Waals surface area contributed by atoms with Gasteiger partial charge in [0.05, 0.1) is 6.33 Å². The van der Waals surface area contributed by atoms with E-state index in [0.717, 1.165) is 36.0 Å². The van der Waals surface area contributed by atoms with E-state index in [0.29, 0.717) is 5.65 Å². The smallest absolute Gasteiger partial charge is 0.189 e. The van der Waals surface area contributed by atoms with Crippen molar-refractivity contribution in [1.82, 2.24) is 34.9 Å². The van der Waals surface area contributed by atoms with Crippen LogP contribution in [0.25, 0.3) is 16.8 Å². The molecule has 0 aromatic carbocycles. The summed E-state index contributed by atoms with van der Waals surface area (Å²) in [6.45, 7) is 0.937. The molecule has 0 amide bonds. The number of hydrogen-bond acceptors (Lipinski definition) is 5. The van der Waals surface area contributed by atoms with E-state index in [-0.39, 0.29) is 0 Å². The zero-order valence-electron chi connectivity index (χ0n) is 9.80. The van der Waals surface area contributed by atoms with E-state index in [4.69, 9.17) is 0 Å². The minimum Gasteiger partial charge on any atom is -0.340 e. The minimum absolute atomic E-state index is 0.678. The Morgan fingerprint density at radius 1 is 1.33 bits per heavy atom. The molecule has 2 N–H and O–H groups in total. The van der Waals surface area contributed by atoms with Gasteiger partial charge in [-0.2, -0.15) is 0 Å². The van der Waals surface area contributed by atoms with Crippen LogP contribution < -0.4 is 5.32 Å². The van der Waals surface area contributed by atoms with Gasteiger partial charge in [0.15, 0.2) is 11.3 Å². The third-order valence-corrected chi connectivity index (χ3v) is 3.26. The van der Waals surface area contributed by atoms with Crippen molar-refractivity contribution in [2.45, 2.75) is 25.3 Å². The maximum atomic E-state index is 4.28. The number of H-pyrrole nitrogens is 1. The highest BCUT2D eigenvalue weighted by molar-refractivity contribution is 5.84. The fourth-order valence-corrected chi connectivity index (χ4v) is 2.12. The van der Waals surface area contributed by atoms with E-state index in [1.54, 1.807) is 12.7 Å². The molecule has 1 aliphatic carbocycles. The Morgan fingerprint density at radius 3 is 3.17 bits per heavy atom. The van der Waals surface area contributed by atoms with Gasteiger partial charge >= 0.3 is 0 Å². The molecule has 0 spiro atoms. The molecule has 0 saturated heterocycles. The first-order valence-corrected chi connectivity index (χ1v) is 6.17. The van der Waals surface area contributed by atoms with E-state index >= 15 is 0 Å². The average Bonchev–Trinajstić information content (AvgIpc) is 2.92. The van der Waals surface area contributed by atoms with Gasteiger partial charge in [0.1, 0.15) is 17.7 Å². The minimum atomic E-state index is 0.678. The Kier molecular flexibility index (Phi) is 2.07. The van der Waals surface area contributed by atoms with E-state index in [2.05, 4.69) is 30.5 Å². The normalized spacial score (nSPS) is 15.8. The van der Waals surface area contributed by atoms with Crippen LogP contribution in [-0.2, 0) is 6.42 Å². The molecule has 92 valence electrons. The molecule has 0 unspecified atom stereocenters. The molecule has 3 aromatic heterocycles. The Hall–Kier alpha value is -2.02. The van der Waals surface area contributed by atoms with E-state index in [1.165, 1.54) is 12.8 Å². The summed E-state index contributed by atoms with van der Waals surface area (Å²) in [7, 11) is 0. The summed E-state index contributed by atoms with van der Waals surface area (Å²) in [5.41, 5.74) is 2.31. The predicted octanol–water partition coefficient (Wildman–Crippen LogP) is 0.295. The number of rotatable bonds is 4. The molecule has 4 rings (SSSR count). The van der Waals surface area contributed by atoms with Crippen LogP contribution >= 0.6 is 0 Å². The van der Waals surface area contributed by atoms with Gasteiger partial charge in [-0.1, -0.05) is 0 Å². The van der Waals surface area contributed by atoms with Gasteiger partial charge < -0.3 is 10.3 Å². The number of fused-ring (bicyclic) bond motifs is 3. The molecule has 0 atom stereocenters. The van der Waals surface area contributed by atoms with Crippen LogP contribution in [0.3, 0.4) is 0 Å². The Bertz CT molecular complexity index is 694. The van der Waals surface area contributed by atoms with Gasteiger partial charge in [-0.25, -0.2) is 9.97 Å². The summed E-state index contributed by atoms with van der Waals surface area (Å²) in [5.74, 6) is 0.933. The Morgan fingerprint density at radius 2 is 2.28 bits per heavy atom. The van der Waals surface area contributed by atoms with Crippen LogP contribution in [0, 0.1) is 0 Å². The largest absolute Gasteiger partial charge is 0.340 e. The molecule has 1 fully saturated rings. The van der Waals surface area contributed by atoms with Gasteiger partial charge in [0, 0.05) is 19.0 Å². The van der Waals surface area contributed by atoms with E-state index in [1.807, 2.05) is 4.40 Å². The first kappa shape index (κ1) is 9.95. The van der Waals surface area contributed by atoms with Crippen LogP contribution in [0.4, 0.5) is 0 Å². The number of imidazole rings is 1. The lowest BCUT2D eigenvalue weighted by Gasteiger charge is -2.01. The summed E-state index contributed by atoms with van der Waals surface area (Å²) in [4.78, 5) is 11.4. The molecular weight excluding hydrogens is 230 g/mol. The van der Waals surface area contributed by atoms with Crippen LogP contribution in [-0.4, -0.2) is 42.1 Å². The Balaban J connectivity index is 1.67. The van der Waals surface area contributed by atoms with Crippen molar-refractivity contribution in [2.24, 2.45) is 0 Å². The Labute approximate surface area is 103 Å². The number of nitrogens with zero attached hydrogens (tertiary/aromatic N) is 5. The molecule has 1 saturated carbocycles. The number of nitrogens with one attached hydrogen (secondary N) is 2. The highest BCUT2D eigenvalue weighted by Crippen LogP contribution is 2.18. The highest BCUT2D eigenvalue weighted by atomic mass is 15.3. The fourth-order valence-electron chi connectivity index (χ4n) is 2.12. The monoisotopic (exact) mass is 243 g/mol. The first-order valence-electron chi connectivity index (χ1n) is 6.17. The highest BCUT2D eigenvalue weighted by Gasteiger charge is 2.20. The van der Waals surface area contributed by atoms with Crippen molar-refractivity contribution in [3.8, 4) is 0 Å². The lowest BCUT2D eigenvalue weighted by Crippen LogP contribution is -2.20. The standard InChI is InChI=1S/C11H13N7/c1-2-7(1)12-4-3-8-16-17-11-9-10(14-5-13-9)15-6-18(8)11/h5-7,12H,1-4H2,(H,13,14). The zero-order valence-corrected chi connectivity index (χ0v) is 9.80. The third kappa shape index (κ3) is 1.55. The van der Waals surface area contributed by atoms with Crippen molar-refractivity contribution in [1.29, 1.82) is 0 Å². The van der Waals surface area contributed by atoms with Gasteiger partial charge in [0.2, 0.25) is 0 Å². The molecule has 1 aliphatic rings. The van der Waals surface area contributed by atoms with Crippen molar-refractivity contribution in [3.63, 3.8) is 0 Å². The summed E-state index contributed by atoms with van der Waals surface area (Å²) >= 11 is 0. The van der Waals surface area contributed by atoms with Crippen LogP contribution in [0.15, 0.2) is 12.7 Å². The lowest BCUT2D eigenvalue weighted by atomic mass is 10.4. The summed E-state index contributed by atoms with van der Waals surface area (Å²) in [6, 6.07) is 0.724. The molecule has 7 heteroatoms.